The molecule has 2 fully saturated rings. The molecule has 0 aliphatic carbocycles. The summed E-state index contributed by atoms with van der Waals surface area (Å²) in [7, 11) is 0. The Kier molecular flexibility index (Phi) is 3.87. The van der Waals surface area contributed by atoms with Gasteiger partial charge in [-0.05, 0) is 24.6 Å². The second kappa shape index (κ2) is 6.02. The Morgan fingerprint density at radius 1 is 1.26 bits per heavy atom. The van der Waals surface area contributed by atoms with Gasteiger partial charge in [-0.25, -0.2) is 0 Å². The summed E-state index contributed by atoms with van der Waals surface area (Å²) in [6.45, 7) is 4.08. The van der Waals surface area contributed by atoms with Gasteiger partial charge >= 0.3 is 0 Å². The van der Waals surface area contributed by atoms with E-state index in [0.717, 1.165) is 18.5 Å². The van der Waals surface area contributed by atoms with Crippen LogP contribution >= 0.6 is 11.6 Å². The average Bonchev–Trinajstić information content (AvgIpc) is 3.21. The predicted octanol–water partition coefficient (Wildman–Crippen LogP) is 2.17. The summed E-state index contributed by atoms with van der Waals surface area (Å²) in [4.78, 5) is 21.0. The number of fused-ring (bicyclic) bond motifs is 1. The first-order chi connectivity index (χ1) is 11.2. The number of ether oxygens (including phenoxy) is 1. The van der Waals surface area contributed by atoms with Crippen LogP contribution in [0.3, 0.4) is 0 Å². The summed E-state index contributed by atoms with van der Waals surface area (Å²) in [6, 6.07) is 5.96. The van der Waals surface area contributed by atoms with Crippen LogP contribution in [0.4, 0.5) is 6.01 Å². The van der Waals surface area contributed by atoms with E-state index in [-0.39, 0.29) is 11.8 Å². The van der Waals surface area contributed by atoms with Gasteiger partial charge in [0.1, 0.15) is 5.52 Å². The molecule has 2 aromatic rings. The fourth-order valence-electron chi connectivity index (χ4n) is 3.20. The van der Waals surface area contributed by atoms with Crippen molar-refractivity contribution < 1.29 is 13.9 Å². The Hall–Kier alpha value is -1.79. The number of benzene rings is 1. The minimum atomic E-state index is 0.00620. The number of amides is 1. The van der Waals surface area contributed by atoms with Crippen LogP contribution in [0.2, 0.25) is 5.02 Å². The number of hydrogen-bond acceptors (Lipinski definition) is 5. The Morgan fingerprint density at radius 3 is 2.91 bits per heavy atom. The molecule has 2 aliphatic heterocycles. The summed E-state index contributed by atoms with van der Waals surface area (Å²) in [5.41, 5.74) is 1.46. The van der Waals surface area contributed by atoms with Crippen LogP contribution in [0.25, 0.3) is 11.1 Å². The molecule has 1 aromatic heterocycles. The van der Waals surface area contributed by atoms with E-state index in [2.05, 4.69) is 4.98 Å². The summed E-state index contributed by atoms with van der Waals surface area (Å²) in [6.07, 6.45) is 0.829. The van der Waals surface area contributed by atoms with E-state index >= 15 is 0 Å². The van der Waals surface area contributed by atoms with Gasteiger partial charge in [0.2, 0.25) is 5.91 Å². The normalized spacial score (nSPS) is 22.0. The second-order valence-electron chi connectivity index (χ2n) is 5.98. The molecule has 3 heterocycles. The monoisotopic (exact) mass is 335 g/mol. The molecule has 122 valence electrons. The lowest BCUT2D eigenvalue weighted by Crippen LogP contribution is -2.44. The number of morpholine rings is 1. The van der Waals surface area contributed by atoms with Crippen LogP contribution in [0.1, 0.15) is 6.42 Å². The third-order valence-corrected chi connectivity index (χ3v) is 4.70. The van der Waals surface area contributed by atoms with Gasteiger partial charge in [0, 0.05) is 31.2 Å². The Labute approximate surface area is 138 Å². The zero-order valence-corrected chi connectivity index (χ0v) is 13.5. The standard InChI is InChI=1S/C16H18ClN3O3/c17-12-1-2-14-13(9-12)18-16(23-14)20-4-3-11(10-20)15(21)19-5-7-22-8-6-19/h1-2,9,11H,3-8,10H2. The number of nitrogens with zero attached hydrogens (tertiary/aromatic N) is 3. The topological polar surface area (TPSA) is 58.8 Å². The van der Waals surface area contributed by atoms with Gasteiger partial charge in [-0.2, -0.15) is 4.98 Å². The molecule has 2 saturated heterocycles. The molecule has 0 spiro atoms. The van der Waals surface area contributed by atoms with Gasteiger partial charge in [0.05, 0.1) is 19.1 Å². The predicted molar refractivity (Wildman–Crippen MR) is 86.7 cm³/mol. The first kappa shape index (κ1) is 14.8. The van der Waals surface area contributed by atoms with E-state index in [1.165, 1.54) is 0 Å². The van der Waals surface area contributed by atoms with Crippen molar-refractivity contribution in [2.45, 2.75) is 6.42 Å². The van der Waals surface area contributed by atoms with E-state index in [9.17, 15) is 4.79 Å². The smallest absolute Gasteiger partial charge is 0.298 e. The number of carbonyl (C=O) groups excluding carboxylic acids is 1. The Bertz CT molecular complexity index is 726. The molecule has 1 aromatic carbocycles. The maximum absolute atomic E-state index is 12.6. The van der Waals surface area contributed by atoms with Crippen LogP contribution in [0.15, 0.2) is 22.6 Å². The lowest BCUT2D eigenvalue weighted by atomic mass is 10.1. The van der Waals surface area contributed by atoms with Crippen LogP contribution in [0, 0.1) is 5.92 Å². The number of rotatable bonds is 2. The molecule has 0 radical (unpaired) electrons. The molecule has 1 unspecified atom stereocenters. The number of hydrogen-bond donors (Lipinski definition) is 0. The van der Waals surface area contributed by atoms with E-state index in [1.54, 1.807) is 12.1 Å². The lowest BCUT2D eigenvalue weighted by Gasteiger charge is -2.29. The second-order valence-corrected chi connectivity index (χ2v) is 6.41. The molecule has 23 heavy (non-hydrogen) atoms. The highest BCUT2D eigenvalue weighted by atomic mass is 35.5. The average molecular weight is 336 g/mol. The maximum Gasteiger partial charge on any atom is 0.298 e. The van der Waals surface area contributed by atoms with Crippen molar-refractivity contribution in [1.29, 1.82) is 0 Å². The van der Waals surface area contributed by atoms with Crippen LogP contribution in [-0.2, 0) is 9.53 Å². The number of anilines is 1. The van der Waals surface area contributed by atoms with Crippen LogP contribution in [0.5, 0.6) is 0 Å². The zero-order valence-electron chi connectivity index (χ0n) is 12.7. The third kappa shape index (κ3) is 2.88. The quantitative estimate of drug-likeness (QED) is 0.841. The number of halogens is 1. The van der Waals surface area contributed by atoms with E-state index in [0.29, 0.717) is 49.5 Å². The Balaban J connectivity index is 1.47. The zero-order chi connectivity index (χ0) is 15.8. The number of oxazole rings is 1. The van der Waals surface area contributed by atoms with Crippen molar-refractivity contribution in [3.05, 3.63) is 23.2 Å². The molecule has 4 rings (SSSR count). The van der Waals surface area contributed by atoms with Gasteiger partial charge in [0.15, 0.2) is 5.58 Å². The van der Waals surface area contributed by atoms with Crippen LogP contribution < -0.4 is 4.90 Å². The molecule has 7 heteroatoms. The van der Waals surface area contributed by atoms with Crippen molar-refractivity contribution in [2.75, 3.05) is 44.3 Å². The van der Waals surface area contributed by atoms with Crippen molar-refractivity contribution in [3.63, 3.8) is 0 Å². The molecule has 0 saturated carbocycles. The number of aromatic nitrogens is 1. The lowest BCUT2D eigenvalue weighted by molar-refractivity contribution is -0.138. The van der Waals surface area contributed by atoms with E-state index in [4.69, 9.17) is 20.8 Å². The van der Waals surface area contributed by atoms with Gasteiger partial charge in [-0.15, -0.1) is 0 Å². The minimum Gasteiger partial charge on any atom is -0.423 e. The summed E-state index contributed by atoms with van der Waals surface area (Å²) in [5.74, 6) is 0.224. The fraction of sp³-hybridized carbons (Fsp3) is 0.500. The highest BCUT2D eigenvalue weighted by Crippen LogP contribution is 2.29. The fourth-order valence-corrected chi connectivity index (χ4v) is 3.37. The van der Waals surface area contributed by atoms with Crippen molar-refractivity contribution in [2.24, 2.45) is 5.92 Å². The molecular weight excluding hydrogens is 318 g/mol. The highest BCUT2D eigenvalue weighted by molar-refractivity contribution is 6.31. The first-order valence-electron chi connectivity index (χ1n) is 7.88. The van der Waals surface area contributed by atoms with Crippen LogP contribution in [-0.4, -0.2) is 55.2 Å². The van der Waals surface area contributed by atoms with E-state index in [1.807, 2.05) is 15.9 Å². The number of carbonyl (C=O) groups is 1. The van der Waals surface area contributed by atoms with Gasteiger partial charge in [-0.3, -0.25) is 4.79 Å². The molecule has 6 nitrogen and oxygen atoms in total. The van der Waals surface area contributed by atoms with Gasteiger partial charge in [0.25, 0.3) is 6.01 Å². The highest BCUT2D eigenvalue weighted by Gasteiger charge is 2.33. The summed E-state index contributed by atoms with van der Waals surface area (Å²) >= 11 is 5.98. The Morgan fingerprint density at radius 2 is 2.09 bits per heavy atom. The van der Waals surface area contributed by atoms with Crippen molar-refractivity contribution in [1.82, 2.24) is 9.88 Å². The molecular formula is C16H18ClN3O3. The molecule has 2 aliphatic rings. The largest absolute Gasteiger partial charge is 0.423 e. The molecule has 0 N–H and O–H groups in total. The third-order valence-electron chi connectivity index (χ3n) is 4.47. The molecule has 1 amide bonds. The SMILES string of the molecule is O=C(C1CCN(c2nc3cc(Cl)ccc3o2)C1)N1CCOCC1. The minimum absolute atomic E-state index is 0.00620. The van der Waals surface area contributed by atoms with Crippen molar-refractivity contribution in [3.8, 4) is 0 Å². The summed E-state index contributed by atoms with van der Waals surface area (Å²) in [5, 5.41) is 0.638. The molecule has 0 bridgehead atoms. The summed E-state index contributed by atoms with van der Waals surface area (Å²) < 4.78 is 11.1. The first-order valence-corrected chi connectivity index (χ1v) is 8.26. The van der Waals surface area contributed by atoms with E-state index < -0.39 is 0 Å². The van der Waals surface area contributed by atoms with Gasteiger partial charge < -0.3 is 19.0 Å². The van der Waals surface area contributed by atoms with Crippen molar-refractivity contribution >= 4 is 34.6 Å². The maximum atomic E-state index is 12.6. The molecule has 1 atom stereocenters. The van der Waals surface area contributed by atoms with Gasteiger partial charge in [-0.1, -0.05) is 11.6 Å².